The van der Waals surface area contributed by atoms with Crippen molar-refractivity contribution in [2.45, 2.75) is 33.1 Å². The molecule has 21 heavy (non-hydrogen) atoms. The Morgan fingerprint density at radius 2 is 1.76 bits per heavy atom. The van der Waals surface area contributed by atoms with Gasteiger partial charge in [0, 0.05) is 0 Å². The molecule has 1 aromatic carbocycles. The zero-order chi connectivity index (χ0) is 15.2. The predicted molar refractivity (Wildman–Crippen MR) is 82.8 cm³/mol. The maximum atomic E-state index is 5.90. The highest BCUT2D eigenvalue weighted by Crippen LogP contribution is 2.31. The number of nitrogens with two attached hydrogens (primary N) is 1. The lowest BCUT2D eigenvalue weighted by atomic mass is 10.1. The Hall–Kier alpha value is -2.30. The quantitative estimate of drug-likeness (QED) is 0.875. The molecule has 0 unspecified atom stereocenters. The largest absolute Gasteiger partial charge is 0.494 e. The van der Waals surface area contributed by atoms with E-state index in [0.29, 0.717) is 24.1 Å². The zero-order valence-corrected chi connectivity index (χ0v) is 12.7. The average Bonchev–Trinajstić information content (AvgIpc) is 2.46. The van der Waals surface area contributed by atoms with E-state index in [9.17, 15) is 0 Å². The smallest absolute Gasteiger partial charge is 0.227 e. The molecule has 0 bridgehead atoms. The molecule has 1 aromatic heterocycles. The fraction of sp³-hybridized carbons (Fsp3) is 0.375. The van der Waals surface area contributed by atoms with Crippen molar-refractivity contribution in [2.75, 3.05) is 12.3 Å². The van der Waals surface area contributed by atoms with Crippen molar-refractivity contribution in [1.82, 2.24) is 9.97 Å². The lowest BCUT2D eigenvalue weighted by Gasteiger charge is -2.14. The fourth-order valence-electron chi connectivity index (χ4n) is 1.95. The monoisotopic (exact) mass is 287 g/mol. The van der Waals surface area contributed by atoms with E-state index >= 15 is 0 Å². The van der Waals surface area contributed by atoms with E-state index in [-0.39, 0.29) is 5.92 Å². The first-order chi connectivity index (χ1) is 10.1. The van der Waals surface area contributed by atoms with Gasteiger partial charge in [0.05, 0.1) is 12.2 Å². The van der Waals surface area contributed by atoms with Gasteiger partial charge in [-0.3, -0.25) is 0 Å². The van der Waals surface area contributed by atoms with Crippen molar-refractivity contribution >= 4 is 5.82 Å². The summed E-state index contributed by atoms with van der Waals surface area (Å²) in [6.07, 6.45) is 2.39. The summed E-state index contributed by atoms with van der Waals surface area (Å²) in [7, 11) is 0. The van der Waals surface area contributed by atoms with Crippen molar-refractivity contribution in [2.24, 2.45) is 0 Å². The molecule has 5 nitrogen and oxygen atoms in total. The number of anilines is 1. The second-order valence-corrected chi connectivity index (χ2v) is 5.05. The molecule has 2 N–H and O–H groups in total. The molecule has 0 spiro atoms. The molecule has 2 rings (SSSR count). The molecule has 0 aliphatic rings. The Bertz CT molecular complexity index is 583. The molecule has 0 amide bonds. The lowest BCUT2D eigenvalue weighted by molar-refractivity contribution is 0.317. The maximum Gasteiger partial charge on any atom is 0.227 e. The van der Waals surface area contributed by atoms with Gasteiger partial charge in [0.2, 0.25) is 5.88 Å². The summed E-state index contributed by atoms with van der Waals surface area (Å²) in [6, 6.07) is 7.47. The van der Waals surface area contributed by atoms with Crippen LogP contribution in [0.4, 0.5) is 5.82 Å². The van der Waals surface area contributed by atoms with Crippen LogP contribution < -0.4 is 15.2 Å². The summed E-state index contributed by atoms with van der Waals surface area (Å²) >= 11 is 0. The van der Waals surface area contributed by atoms with Crippen LogP contribution in [0.3, 0.4) is 0 Å². The molecule has 5 heteroatoms. The molecule has 0 aliphatic heterocycles. The maximum absolute atomic E-state index is 5.90. The van der Waals surface area contributed by atoms with Crippen LogP contribution >= 0.6 is 0 Å². The van der Waals surface area contributed by atoms with Crippen molar-refractivity contribution in [3.05, 3.63) is 36.2 Å². The Kier molecular flexibility index (Phi) is 4.98. The number of hydrogen-bond acceptors (Lipinski definition) is 5. The molecule has 112 valence electrons. The van der Waals surface area contributed by atoms with Crippen molar-refractivity contribution in [3.63, 3.8) is 0 Å². The molecule has 0 saturated carbocycles. The van der Waals surface area contributed by atoms with Gasteiger partial charge in [-0.15, -0.1) is 0 Å². The van der Waals surface area contributed by atoms with Crippen LogP contribution in [0.1, 0.15) is 38.7 Å². The number of nitrogen functional groups attached to an aromatic ring is 1. The Balaban J connectivity index is 2.17. The van der Waals surface area contributed by atoms with Crippen molar-refractivity contribution in [3.8, 4) is 17.4 Å². The topological polar surface area (TPSA) is 70.3 Å². The second kappa shape index (κ2) is 6.92. The molecule has 0 saturated heterocycles. The van der Waals surface area contributed by atoms with E-state index in [1.54, 1.807) is 0 Å². The third-order valence-corrected chi connectivity index (χ3v) is 2.97. The van der Waals surface area contributed by atoms with Gasteiger partial charge in [-0.2, -0.15) is 0 Å². The number of nitrogens with zero attached hydrogens (tertiary/aromatic N) is 2. The number of aromatic nitrogens is 2. The van der Waals surface area contributed by atoms with E-state index in [2.05, 4.69) is 16.9 Å². The zero-order valence-electron chi connectivity index (χ0n) is 12.7. The highest BCUT2D eigenvalue weighted by molar-refractivity contribution is 5.48. The minimum absolute atomic E-state index is 0.188. The van der Waals surface area contributed by atoms with Gasteiger partial charge in [0.1, 0.15) is 23.6 Å². The predicted octanol–water partition coefficient (Wildman–Crippen LogP) is 3.76. The summed E-state index contributed by atoms with van der Waals surface area (Å²) in [5, 5.41) is 0. The first-order valence-electron chi connectivity index (χ1n) is 7.13. The van der Waals surface area contributed by atoms with Gasteiger partial charge in [0.25, 0.3) is 0 Å². The Morgan fingerprint density at radius 1 is 1.10 bits per heavy atom. The third-order valence-electron chi connectivity index (χ3n) is 2.97. The van der Waals surface area contributed by atoms with Crippen LogP contribution in [0.5, 0.6) is 17.4 Å². The third kappa shape index (κ3) is 3.84. The second-order valence-electron chi connectivity index (χ2n) is 5.05. The first kappa shape index (κ1) is 15.1. The average molecular weight is 287 g/mol. The molecule has 0 aliphatic carbocycles. The number of hydrogen-bond donors (Lipinski definition) is 1. The summed E-state index contributed by atoms with van der Waals surface area (Å²) in [6.45, 7) is 6.85. The molecule has 2 aromatic rings. The molecular weight excluding hydrogens is 266 g/mol. The first-order valence-corrected chi connectivity index (χ1v) is 7.13. The van der Waals surface area contributed by atoms with Crippen LogP contribution in [-0.4, -0.2) is 16.6 Å². The van der Waals surface area contributed by atoms with Crippen LogP contribution in [0.2, 0.25) is 0 Å². The Labute approximate surface area is 125 Å². The summed E-state index contributed by atoms with van der Waals surface area (Å²) in [5.74, 6) is 2.67. The molecule has 0 radical (unpaired) electrons. The van der Waals surface area contributed by atoms with Crippen LogP contribution in [0.25, 0.3) is 0 Å². The molecule has 0 atom stereocenters. The van der Waals surface area contributed by atoms with Crippen molar-refractivity contribution < 1.29 is 9.47 Å². The van der Waals surface area contributed by atoms with Crippen LogP contribution in [0, 0.1) is 0 Å². The molecule has 0 fully saturated rings. The fourth-order valence-corrected chi connectivity index (χ4v) is 1.95. The molecule has 1 heterocycles. The highest BCUT2D eigenvalue weighted by atomic mass is 16.5. The van der Waals surface area contributed by atoms with Crippen molar-refractivity contribution in [1.29, 1.82) is 0 Å². The van der Waals surface area contributed by atoms with E-state index in [1.165, 1.54) is 6.33 Å². The number of benzene rings is 1. The minimum atomic E-state index is 0.188. The highest BCUT2D eigenvalue weighted by Gasteiger charge is 2.14. The standard InChI is InChI=1S/C16H21N3O2/c1-4-9-20-12-5-7-13(8-6-12)21-16-14(11(2)3)15(17)18-10-19-16/h5-8,10-11H,4,9H2,1-3H3,(H2,17,18,19). The van der Waals surface area contributed by atoms with Gasteiger partial charge in [-0.05, 0) is 36.6 Å². The lowest BCUT2D eigenvalue weighted by Crippen LogP contribution is -2.04. The summed E-state index contributed by atoms with van der Waals surface area (Å²) in [5.41, 5.74) is 6.73. The minimum Gasteiger partial charge on any atom is -0.494 e. The number of ether oxygens (including phenoxy) is 2. The SMILES string of the molecule is CCCOc1ccc(Oc2ncnc(N)c2C(C)C)cc1. The van der Waals surface area contributed by atoms with Crippen LogP contribution in [-0.2, 0) is 0 Å². The van der Waals surface area contributed by atoms with E-state index < -0.39 is 0 Å². The van der Waals surface area contributed by atoms with Gasteiger partial charge in [0.15, 0.2) is 0 Å². The summed E-state index contributed by atoms with van der Waals surface area (Å²) in [4.78, 5) is 8.20. The van der Waals surface area contributed by atoms with E-state index in [0.717, 1.165) is 17.7 Å². The summed E-state index contributed by atoms with van der Waals surface area (Å²) < 4.78 is 11.4. The van der Waals surface area contributed by atoms with Gasteiger partial charge in [-0.25, -0.2) is 9.97 Å². The molecular formula is C16H21N3O2. The van der Waals surface area contributed by atoms with E-state index in [4.69, 9.17) is 15.2 Å². The van der Waals surface area contributed by atoms with E-state index in [1.807, 2.05) is 38.1 Å². The van der Waals surface area contributed by atoms with Crippen LogP contribution in [0.15, 0.2) is 30.6 Å². The Morgan fingerprint density at radius 3 is 2.38 bits per heavy atom. The van der Waals surface area contributed by atoms with Gasteiger partial charge >= 0.3 is 0 Å². The van der Waals surface area contributed by atoms with Gasteiger partial charge < -0.3 is 15.2 Å². The number of rotatable bonds is 6. The normalized spacial score (nSPS) is 10.7. The van der Waals surface area contributed by atoms with Gasteiger partial charge in [-0.1, -0.05) is 20.8 Å².